The molecule has 0 spiro atoms. The SMILES string of the molecule is CC1(C(=O)N2CCC(c3nccn3Cc3ccccc3)CC2)CCCCO1. The highest BCUT2D eigenvalue weighted by molar-refractivity contribution is 5.85. The van der Waals surface area contributed by atoms with E-state index in [0.717, 1.165) is 57.6 Å². The third-order valence-electron chi connectivity index (χ3n) is 6.01. The summed E-state index contributed by atoms with van der Waals surface area (Å²) in [5, 5.41) is 0. The Morgan fingerprint density at radius 3 is 2.70 bits per heavy atom. The lowest BCUT2D eigenvalue weighted by atomic mass is 9.91. The smallest absolute Gasteiger partial charge is 0.254 e. The summed E-state index contributed by atoms with van der Waals surface area (Å²) in [7, 11) is 0. The van der Waals surface area contributed by atoms with Gasteiger partial charge in [-0.3, -0.25) is 4.79 Å². The van der Waals surface area contributed by atoms with Crippen molar-refractivity contribution in [3.05, 3.63) is 54.1 Å². The fourth-order valence-corrected chi connectivity index (χ4v) is 4.37. The van der Waals surface area contributed by atoms with Gasteiger partial charge in [0.1, 0.15) is 11.4 Å². The normalized spacial score (nSPS) is 24.1. The standard InChI is InChI=1S/C22H29N3O2/c1-22(11-5-6-16-27-22)21(26)24-13-9-19(10-14-24)20-23-12-15-25(20)17-18-7-3-2-4-8-18/h2-4,7-8,12,15,19H,5-6,9-11,13-14,16-17H2,1H3. The number of ether oxygens (including phenoxy) is 1. The molecule has 1 aromatic carbocycles. The third-order valence-corrected chi connectivity index (χ3v) is 6.01. The quantitative estimate of drug-likeness (QED) is 0.830. The molecule has 1 atom stereocenters. The maximum atomic E-state index is 13.0. The van der Waals surface area contributed by atoms with Crippen molar-refractivity contribution in [1.82, 2.24) is 14.5 Å². The summed E-state index contributed by atoms with van der Waals surface area (Å²) in [6, 6.07) is 10.5. The van der Waals surface area contributed by atoms with Crippen LogP contribution in [0.2, 0.25) is 0 Å². The van der Waals surface area contributed by atoms with E-state index in [1.165, 1.54) is 5.56 Å². The number of aromatic nitrogens is 2. The Balaban J connectivity index is 1.38. The zero-order valence-electron chi connectivity index (χ0n) is 16.1. The number of rotatable bonds is 4. The third kappa shape index (κ3) is 3.93. The fraction of sp³-hybridized carbons (Fsp3) is 0.545. The maximum Gasteiger partial charge on any atom is 0.254 e. The van der Waals surface area contributed by atoms with E-state index in [0.29, 0.717) is 12.5 Å². The van der Waals surface area contributed by atoms with E-state index < -0.39 is 5.60 Å². The Bertz CT molecular complexity index is 757. The van der Waals surface area contributed by atoms with Gasteiger partial charge in [0.15, 0.2) is 0 Å². The van der Waals surface area contributed by atoms with Gasteiger partial charge in [0, 0.05) is 44.6 Å². The summed E-state index contributed by atoms with van der Waals surface area (Å²) in [6.07, 6.45) is 8.88. The number of likely N-dealkylation sites (tertiary alicyclic amines) is 1. The molecular weight excluding hydrogens is 338 g/mol. The van der Waals surface area contributed by atoms with Crippen molar-refractivity contribution in [2.75, 3.05) is 19.7 Å². The molecule has 2 aromatic rings. The van der Waals surface area contributed by atoms with Gasteiger partial charge in [-0.1, -0.05) is 30.3 Å². The molecule has 0 aliphatic carbocycles. The average Bonchev–Trinajstić information content (AvgIpc) is 3.17. The molecule has 144 valence electrons. The van der Waals surface area contributed by atoms with Crippen LogP contribution in [-0.4, -0.2) is 45.7 Å². The van der Waals surface area contributed by atoms with Crippen LogP contribution < -0.4 is 0 Å². The lowest BCUT2D eigenvalue weighted by Gasteiger charge is -2.40. The lowest BCUT2D eigenvalue weighted by Crippen LogP contribution is -2.52. The molecule has 1 unspecified atom stereocenters. The summed E-state index contributed by atoms with van der Waals surface area (Å²) in [5.41, 5.74) is 0.670. The molecule has 0 N–H and O–H groups in total. The predicted molar refractivity (Wildman–Crippen MR) is 105 cm³/mol. The molecule has 5 nitrogen and oxygen atoms in total. The topological polar surface area (TPSA) is 47.4 Å². The number of imidazole rings is 1. The summed E-state index contributed by atoms with van der Waals surface area (Å²) in [6.45, 7) is 5.10. The van der Waals surface area contributed by atoms with Gasteiger partial charge in [-0.2, -0.15) is 0 Å². The predicted octanol–water partition coefficient (Wildman–Crippen LogP) is 3.60. The first-order chi connectivity index (χ1) is 13.2. The second-order valence-corrected chi connectivity index (χ2v) is 8.00. The van der Waals surface area contributed by atoms with E-state index in [2.05, 4.69) is 40.0 Å². The number of hydrogen-bond acceptors (Lipinski definition) is 3. The molecule has 1 aromatic heterocycles. The largest absolute Gasteiger partial charge is 0.365 e. The molecule has 2 aliphatic heterocycles. The highest BCUT2D eigenvalue weighted by Gasteiger charge is 2.40. The van der Waals surface area contributed by atoms with Gasteiger partial charge in [-0.05, 0) is 44.6 Å². The van der Waals surface area contributed by atoms with Gasteiger partial charge in [0.2, 0.25) is 0 Å². The summed E-state index contributed by atoms with van der Waals surface area (Å²) in [5.74, 6) is 1.73. The molecule has 2 fully saturated rings. The summed E-state index contributed by atoms with van der Waals surface area (Å²) >= 11 is 0. The minimum absolute atomic E-state index is 0.174. The molecule has 0 radical (unpaired) electrons. The maximum absolute atomic E-state index is 13.0. The zero-order chi connectivity index (χ0) is 18.7. The van der Waals surface area contributed by atoms with Crippen LogP contribution in [0.1, 0.15) is 56.3 Å². The molecule has 5 heteroatoms. The molecule has 27 heavy (non-hydrogen) atoms. The minimum atomic E-state index is -0.614. The van der Waals surface area contributed by atoms with Crippen molar-refractivity contribution in [2.45, 2.75) is 57.1 Å². The highest BCUT2D eigenvalue weighted by Crippen LogP contribution is 2.31. The number of carbonyl (C=O) groups excluding carboxylic acids is 1. The first kappa shape index (κ1) is 18.2. The van der Waals surface area contributed by atoms with E-state index in [1.54, 1.807) is 0 Å². The number of nitrogens with zero attached hydrogens (tertiary/aromatic N) is 3. The van der Waals surface area contributed by atoms with E-state index in [1.807, 2.05) is 24.1 Å². The minimum Gasteiger partial charge on any atom is -0.365 e. The molecule has 0 saturated carbocycles. The average molecular weight is 367 g/mol. The second-order valence-electron chi connectivity index (χ2n) is 8.00. The fourth-order valence-electron chi connectivity index (χ4n) is 4.37. The summed E-state index contributed by atoms with van der Waals surface area (Å²) < 4.78 is 8.11. The van der Waals surface area contributed by atoms with Gasteiger partial charge >= 0.3 is 0 Å². The van der Waals surface area contributed by atoms with Gasteiger partial charge in [-0.15, -0.1) is 0 Å². The zero-order valence-corrected chi connectivity index (χ0v) is 16.1. The first-order valence-corrected chi connectivity index (χ1v) is 10.1. The number of benzene rings is 1. The van der Waals surface area contributed by atoms with Crippen LogP contribution in [0.4, 0.5) is 0 Å². The van der Waals surface area contributed by atoms with Gasteiger partial charge in [0.05, 0.1) is 0 Å². The summed E-state index contributed by atoms with van der Waals surface area (Å²) in [4.78, 5) is 19.6. The van der Waals surface area contributed by atoms with Gasteiger partial charge < -0.3 is 14.2 Å². The molecule has 0 bridgehead atoms. The molecule has 4 rings (SSSR count). The van der Waals surface area contributed by atoms with E-state index in [-0.39, 0.29) is 5.91 Å². The van der Waals surface area contributed by atoms with Crippen LogP contribution in [0.3, 0.4) is 0 Å². The van der Waals surface area contributed by atoms with Crippen LogP contribution in [0.25, 0.3) is 0 Å². The number of hydrogen-bond donors (Lipinski definition) is 0. The molecule has 3 heterocycles. The van der Waals surface area contributed by atoms with Crippen molar-refractivity contribution in [3.8, 4) is 0 Å². The monoisotopic (exact) mass is 367 g/mol. The van der Waals surface area contributed by atoms with Crippen molar-refractivity contribution in [2.24, 2.45) is 0 Å². The Morgan fingerprint density at radius 2 is 2.00 bits per heavy atom. The van der Waals surface area contributed by atoms with Crippen LogP contribution in [0.5, 0.6) is 0 Å². The van der Waals surface area contributed by atoms with Crippen molar-refractivity contribution in [3.63, 3.8) is 0 Å². The van der Waals surface area contributed by atoms with Crippen molar-refractivity contribution in [1.29, 1.82) is 0 Å². The van der Waals surface area contributed by atoms with Gasteiger partial charge in [-0.25, -0.2) is 4.98 Å². The van der Waals surface area contributed by atoms with Crippen LogP contribution in [0.15, 0.2) is 42.7 Å². The highest BCUT2D eigenvalue weighted by atomic mass is 16.5. The number of carbonyl (C=O) groups is 1. The number of piperidine rings is 1. The van der Waals surface area contributed by atoms with Crippen molar-refractivity contribution < 1.29 is 9.53 Å². The van der Waals surface area contributed by atoms with E-state index in [4.69, 9.17) is 4.74 Å². The Hall–Kier alpha value is -2.14. The molecule has 1 amide bonds. The second kappa shape index (κ2) is 7.85. The number of amides is 1. The first-order valence-electron chi connectivity index (χ1n) is 10.1. The van der Waals surface area contributed by atoms with Gasteiger partial charge in [0.25, 0.3) is 5.91 Å². The Morgan fingerprint density at radius 1 is 1.22 bits per heavy atom. The van der Waals surface area contributed by atoms with Crippen LogP contribution >= 0.6 is 0 Å². The van der Waals surface area contributed by atoms with Crippen molar-refractivity contribution >= 4 is 5.91 Å². The molecule has 2 aliphatic rings. The van der Waals surface area contributed by atoms with E-state index in [9.17, 15) is 4.79 Å². The Kier molecular flexibility index (Phi) is 5.30. The van der Waals surface area contributed by atoms with Crippen LogP contribution in [-0.2, 0) is 16.1 Å². The lowest BCUT2D eigenvalue weighted by molar-refractivity contribution is -0.163. The van der Waals surface area contributed by atoms with E-state index >= 15 is 0 Å². The molecular formula is C22H29N3O2. The Labute approximate surface area is 161 Å². The molecule has 2 saturated heterocycles. The van der Waals surface area contributed by atoms with Crippen LogP contribution in [0, 0.1) is 0 Å².